The molecule has 2 rings (SSSR count). The Morgan fingerprint density at radius 1 is 1.17 bits per heavy atom. The molecule has 1 N–H and O–H groups in total. The molecular formula is C15H20ClNO. The Morgan fingerprint density at radius 3 is 2.44 bits per heavy atom. The minimum absolute atomic E-state index is 0.135. The van der Waals surface area contributed by atoms with E-state index in [9.17, 15) is 4.79 Å². The van der Waals surface area contributed by atoms with Gasteiger partial charge in [-0.15, -0.1) is 11.6 Å². The zero-order valence-corrected chi connectivity index (χ0v) is 11.4. The van der Waals surface area contributed by atoms with Crippen molar-refractivity contribution in [2.45, 2.75) is 32.1 Å². The lowest BCUT2D eigenvalue weighted by atomic mass is 10.1. The molecule has 0 heterocycles. The highest BCUT2D eigenvalue weighted by Gasteiger charge is 2.26. The largest absolute Gasteiger partial charge is 0.356 e. The summed E-state index contributed by atoms with van der Waals surface area (Å²) < 4.78 is 0. The van der Waals surface area contributed by atoms with Gasteiger partial charge in [0.25, 0.3) is 0 Å². The van der Waals surface area contributed by atoms with Crippen LogP contribution in [0.15, 0.2) is 24.3 Å². The van der Waals surface area contributed by atoms with Crippen molar-refractivity contribution in [2.24, 2.45) is 5.92 Å². The van der Waals surface area contributed by atoms with E-state index in [0.717, 1.165) is 38.6 Å². The van der Waals surface area contributed by atoms with E-state index in [1.165, 1.54) is 11.1 Å². The quantitative estimate of drug-likeness (QED) is 0.622. The summed E-state index contributed by atoms with van der Waals surface area (Å²) in [6.07, 6.45) is 4.94. The van der Waals surface area contributed by atoms with Gasteiger partial charge < -0.3 is 5.32 Å². The normalized spacial score (nSPS) is 14.5. The summed E-state index contributed by atoms with van der Waals surface area (Å²) in [5.74, 6) is 1.05. The number of benzene rings is 1. The monoisotopic (exact) mass is 265 g/mol. The van der Waals surface area contributed by atoms with Crippen LogP contribution in [0, 0.1) is 5.92 Å². The number of halogens is 1. The zero-order chi connectivity index (χ0) is 12.8. The Labute approximate surface area is 114 Å². The Bertz CT molecular complexity index is 380. The SMILES string of the molecule is O=C(NCCCCCCl)C1Cc2ccccc2C1. The number of rotatable bonds is 6. The van der Waals surface area contributed by atoms with Crippen molar-refractivity contribution in [3.05, 3.63) is 35.4 Å². The first-order chi connectivity index (χ1) is 8.81. The van der Waals surface area contributed by atoms with Crippen molar-refractivity contribution in [1.29, 1.82) is 0 Å². The van der Waals surface area contributed by atoms with E-state index in [4.69, 9.17) is 11.6 Å². The molecule has 0 bridgehead atoms. The maximum Gasteiger partial charge on any atom is 0.223 e. The van der Waals surface area contributed by atoms with Crippen LogP contribution in [0.4, 0.5) is 0 Å². The molecular weight excluding hydrogens is 246 g/mol. The second-order valence-corrected chi connectivity index (χ2v) is 5.29. The van der Waals surface area contributed by atoms with Crippen molar-refractivity contribution in [2.75, 3.05) is 12.4 Å². The van der Waals surface area contributed by atoms with Crippen LogP contribution < -0.4 is 5.32 Å². The van der Waals surface area contributed by atoms with E-state index < -0.39 is 0 Å². The summed E-state index contributed by atoms with van der Waals surface area (Å²) in [5, 5.41) is 3.04. The van der Waals surface area contributed by atoms with Gasteiger partial charge in [0, 0.05) is 18.3 Å². The number of carbonyl (C=O) groups excluding carboxylic acids is 1. The summed E-state index contributed by atoms with van der Waals surface area (Å²) in [6, 6.07) is 8.35. The van der Waals surface area contributed by atoms with Crippen LogP contribution in [0.3, 0.4) is 0 Å². The van der Waals surface area contributed by atoms with E-state index in [2.05, 4.69) is 17.4 Å². The van der Waals surface area contributed by atoms with Crippen LogP contribution in [-0.2, 0) is 17.6 Å². The van der Waals surface area contributed by atoms with Crippen molar-refractivity contribution in [3.8, 4) is 0 Å². The number of carbonyl (C=O) groups is 1. The second-order valence-electron chi connectivity index (χ2n) is 4.91. The fraction of sp³-hybridized carbons (Fsp3) is 0.533. The van der Waals surface area contributed by atoms with Crippen LogP contribution in [0.1, 0.15) is 30.4 Å². The molecule has 0 aliphatic heterocycles. The van der Waals surface area contributed by atoms with E-state index in [1.807, 2.05) is 12.1 Å². The number of unbranched alkanes of at least 4 members (excludes halogenated alkanes) is 2. The molecule has 0 spiro atoms. The third-order valence-corrected chi connectivity index (χ3v) is 3.80. The fourth-order valence-corrected chi connectivity index (χ4v) is 2.69. The number of amides is 1. The van der Waals surface area contributed by atoms with Gasteiger partial charge in [0.2, 0.25) is 5.91 Å². The molecule has 1 aromatic carbocycles. The third kappa shape index (κ3) is 3.49. The van der Waals surface area contributed by atoms with Crippen LogP contribution in [0.25, 0.3) is 0 Å². The lowest BCUT2D eigenvalue weighted by molar-refractivity contribution is -0.124. The van der Waals surface area contributed by atoms with Gasteiger partial charge in [-0.25, -0.2) is 0 Å². The molecule has 0 radical (unpaired) electrons. The van der Waals surface area contributed by atoms with Gasteiger partial charge in [0.05, 0.1) is 0 Å². The number of hydrogen-bond donors (Lipinski definition) is 1. The lowest BCUT2D eigenvalue weighted by Gasteiger charge is -2.10. The van der Waals surface area contributed by atoms with Gasteiger partial charge in [-0.2, -0.15) is 0 Å². The number of nitrogens with one attached hydrogen (secondary N) is 1. The Hall–Kier alpha value is -1.02. The van der Waals surface area contributed by atoms with Gasteiger partial charge in [-0.3, -0.25) is 4.79 Å². The minimum atomic E-state index is 0.135. The molecule has 3 heteroatoms. The molecule has 0 atom stereocenters. The van der Waals surface area contributed by atoms with E-state index >= 15 is 0 Å². The summed E-state index contributed by atoms with van der Waals surface area (Å²) in [5.41, 5.74) is 2.67. The van der Waals surface area contributed by atoms with Crippen molar-refractivity contribution in [3.63, 3.8) is 0 Å². The zero-order valence-electron chi connectivity index (χ0n) is 10.6. The highest BCUT2D eigenvalue weighted by atomic mass is 35.5. The Morgan fingerprint density at radius 2 is 1.83 bits per heavy atom. The standard InChI is InChI=1S/C15H20ClNO/c16-8-4-1-5-9-17-15(18)14-10-12-6-2-3-7-13(12)11-14/h2-3,6-7,14H,1,4-5,8-11H2,(H,17,18). The maximum absolute atomic E-state index is 12.0. The van der Waals surface area contributed by atoms with E-state index in [0.29, 0.717) is 5.88 Å². The molecule has 0 aromatic heterocycles. The summed E-state index contributed by atoms with van der Waals surface area (Å²) >= 11 is 5.61. The van der Waals surface area contributed by atoms with Gasteiger partial charge >= 0.3 is 0 Å². The molecule has 0 fully saturated rings. The number of alkyl halides is 1. The first-order valence-electron chi connectivity index (χ1n) is 6.71. The summed E-state index contributed by atoms with van der Waals surface area (Å²) in [4.78, 5) is 12.0. The van der Waals surface area contributed by atoms with Gasteiger partial charge in [-0.1, -0.05) is 30.7 Å². The van der Waals surface area contributed by atoms with Crippen LogP contribution in [0.5, 0.6) is 0 Å². The predicted octanol–water partition coefficient (Wildman–Crippen LogP) is 2.93. The lowest BCUT2D eigenvalue weighted by Crippen LogP contribution is -2.31. The third-order valence-electron chi connectivity index (χ3n) is 3.53. The summed E-state index contributed by atoms with van der Waals surface area (Å²) in [7, 11) is 0. The van der Waals surface area contributed by atoms with Crippen molar-refractivity contribution in [1.82, 2.24) is 5.32 Å². The highest BCUT2D eigenvalue weighted by molar-refractivity contribution is 6.17. The van der Waals surface area contributed by atoms with Gasteiger partial charge in [0.1, 0.15) is 0 Å². The van der Waals surface area contributed by atoms with Crippen LogP contribution in [0.2, 0.25) is 0 Å². The van der Waals surface area contributed by atoms with Gasteiger partial charge in [0.15, 0.2) is 0 Å². The first-order valence-corrected chi connectivity index (χ1v) is 7.25. The molecule has 1 amide bonds. The fourth-order valence-electron chi connectivity index (χ4n) is 2.50. The molecule has 0 saturated heterocycles. The molecule has 1 aromatic rings. The molecule has 1 aliphatic carbocycles. The van der Waals surface area contributed by atoms with E-state index in [1.54, 1.807) is 0 Å². The second kappa shape index (κ2) is 6.79. The molecule has 0 saturated carbocycles. The van der Waals surface area contributed by atoms with Crippen molar-refractivity contribution < 1.29 is 4.79 Å². The smallest absolute Gasteiger partial charge is 0.223 e. The number of fused-ring (bicyclic) bond motifs is 1. The topological polar surface area (TPSA) is 29.1 Å². The maximum atomic E-state index is 12.0. The molecule has 0 unspecified atom stereocenters. The van der Waals surface area contributed by atoms with Crippen LogP contribution >= 0.6 is 11.6 Å². The average Bonchev–Trinajstić information content (AvgIpc) is 2.82. The number of hydrogen-bond acceptors (Lipinski definition) is 1. The highest BCUT2D eigenvalue weighted by Crippen LogP contribution is 2.26. The minimum Gasteiger partial charge on any atom is -0.356 e. The van der Waals surface area contributed by atoms with Gasteiger partial charge in [-0.05, 0) is 36.8 Å². The first kappa shape index (κ1) is 13.4. The van der Waals surface area contributed by atoms with Crippen molar-refractivity contribution >= 4 is 17.5 Å². The summed E-state index contributed by atoms with van der Waals surface area (Å²) in [6.45, 7) is 0.780. The predicted molar refractivity (Wildman–Crippen MR) is 74.9 cm³/mol. The molecule has 18 heavy (non-hydrogen) atoms. The van der Waals surface area contributed by atoms with E-state index in [-0.39, 0.29) is 11.8 Å². The van der Waals surface area contributed by atoms with Crippen LogP contribution in [-0.4, -0.2) is 18.3 Å². The molecule has 98 valence electrons. The Balaban J connectivity index is 1.72. The molecule has 2 nitrogen and oxygen atoms in total. The molecule has 1 aliphatic rings. The Kier molecular flexibility index (Phi) is 5.06. The average molecular weight is 266 g/mol.